The third-order valence-corrected chi connectivity index (χ3v) is 3.46. The number of hydrogen-bond acceptors (Lipinski definition) is 4. The fraction of sp³-hybridized carbons (Fsp3) is 0.867. The van der Waals surface area contributed by atoms with Crippen molar-refractivity contribution in [2.24, 2.45) is 11.8 Å². The number of hydrogen-bond donors (Lipinski definition) is 2. The van der Waals surface area contributed by atoms with Gasteiger partial charge in [-0.05, 0) is 46.0 Å². The molecule has 6 nitrogen and oxygen atoms in total. The summed E-state index contributed by atoms with van der Waals surface area (Å²) in [6.45, 7) is 7.15. The molecule has 1 fully saturated rings. The predicted octanol–water partition coefficient (Wildman–Crippen LogP) is 2.42. The highest BCUT2D eigenvalue weighted by atomic mass is 16.6. The summed E-state index contributed by atoms with van der Waals surface area (Å²) in [4.78, 5) is 22.7. The number of ether oxygens (including phenoxy) is 2. The second-order valence-corrected chi connectivity index (χ2v) is 6.49. The van der Waals surface area contributed by atoms with Crippen LogP contribution in [0.25, 0.3) is 0 Å². The molecule has 0 bridgehead atoms. The summed E-state index contributed by atoms with van der Waals surface area (Å²) in [5.41, 5.74) is -0.499. The lowest BCUT2D eigenvalue weighted by molar-refractivity contribution is -0.144. The van der Waals surface area contributed by atoms with Gasteiger partial charge in [0, 0.05) is 13.2 Å². The Bertz CT molecular complexity index is 344. The molecule has 0 aromatic heterocycles. The van der Waals surface area contributed by atoms with Gasteiger partial charge in [0.1, 0.15) is 5.60 Å². The molecule has 6 heteroatoms. The molecule has 1 aliphatic heterocycles. The Morgan fingerprint density at radius 3 is 2.62 bits per heavy atom. The van der Waals surface area contributed by atoms with Gasteiger partial charge in [0.25, 0.3) is 0 Å². The molecule has 0 aliphatic carbocycles. The molecule has 122 valence electrons. The summed E-state index contributed by atoms with van der Waals surface area (Å²) in [7, 11) is 0. The molecule has 1 heterocycles. The molecule has 21 heavy (non-hydrogen) atoms. The SMILES string of the molecule is CC(C)(C)OC(=O)NCCCCC(C(=O)O)C1CCOC1. The standard InChI is InChI=1S/C15H27NO5/c1-15(2,3)21-14(19)16-8-5-4-6-12(13(17)18)11-7-9-20-10-11/h11-12H,4-10H2,1-3H3,(H,16,19)(H,17,18). The molecule has 0 saturated carbocycles. The van der Waals surface area contributed by atoms with E-state index in [2.05, 4.69) is 5.32 Å². The van der Waals surface area contributed by atoms with Gasteiger partial charge in [0.2, 0.25) is 0 Å². The number of amides is 1. The van der Waals surface area contributed by atoms with Crippen LogP contribution in [0.5, 0.6) is 0 Å². The Morgan fingerprint density at radius 2 is 2.10 bits per heavy atom. The monoisotopic (exact) mass is 301 g/mol. The number of rotatable bonds is 7. The van der Waals surface area contributed by atoms with Crippen molar-refractivity contribution in [3.63, 3.8) is 0 Å². The molecular weight excluding hydrogens is 274 g/mol. The van der Waals surface area contributed by atoms with Gasteiger partial charge in [-0.1, -0.05) is 6.42 Å². The summed E-state index contributed by atoms with van der Waals surface area (Å²) < 4.78 is 10.4. The lowest BCUT2D eigenvalue weighted by Gasteiger charge is -2.20. The number of unbranched alkanes of at least 4 members (excludes halogenated alkanes) is 1. The zero-order valence-corrected chi connectivity index (χ0v) is 13.2. The third kappa shape index (κ3) is 7.32. The zero-order chi connectivity index (χ0) is 15.9. The topological polar surface area (TPSA) is 84.9 Å². The first-order chi connectivity index (χ1) is 9.79. The Balaban J connectivity index is 2.17. The normalized spacial score (nSPS) is 20.0. The van der Waals surface area contributed by atoms with Gasteiger partial charge >= 0.3 is 12.1 Å². The maximum Gasteiger partial charge on any atom is 0.407 e. The first kappa shape index (κ1) is 17.8. The van der Waals surface area contributed by atoms with Crippen LogP contribution >= 0.6 is 0 Å². The van der Waals surface area contributed by atoms with E-state index in [-0.39, 0.29) is 11.8 Å². The van der Waals surface area contributed by atoms with Gasteiger partial charge in [0.05, 0.1) is 12.5 Å². The van der Waals surface area contributed by atoms with E-state index in [1.807, 2.05) is 20.8 Å². The number of alkyl carbamates (subject to hydrolysis) is 1. The Morgan fingerprint density at radius 1 is 1.38 bits per heavy atom. The fourth-order valence-corrected chi connectivity index (χ4v) is 2.42. The molecule has 2 unspecified atom stereocenters. The predicted molar refractivity (Wildman–Crippen MR) is 78.1 cm³/mol. The number of aliphatic carboxylic acids is 1. The largest absolute Gasteiger partial charge is 0.481 e. The summed E-state index contributed by atoms with van der Waals surface area (Å²) >= 11 is 0. The first-order valence-electron chi connectivity index (χ1n) is 7.57. The minimum atomic E-state index is -0.745. The lowest BCUT2D eigenvalue weighted by atomic mass is 9.87. The Labute approximate surface area is 126 Å². The van der Waals surface area contributed by atoms with Crippen molar-refractivity contribution in [1.82, 2.24) is 5.32 Å². The van der Waals surface area contributed by atoms with E-state index >= 15 is 0 Å². The van der Waals surface area contributed by atoms with Crippen molar-refractivity contribution >= 4 is 12.1 Å². The van der Waals surface area contributed by atoms with Crippen LogP contribution in [0.2, 0.25) is 0 Å². The molecule has 0 aromatic carbocycles. The summed E-state index contributed by atoms with van der Waals surface area (Å²) in [5, 5.41) is 11.9. The summed E-state index contributed by atoms with van der Waals surface area (Å²) in [5.74, 6) is -0.957. The molecule has 1 aliphatic rings. The molecule has 2 N–H and O–H groups in total. The summed E-state index contributed by atoms with van der Waals surface area (Å²) in [6.07, 6.45) is 2.54. The first-order valence-corrected chi connectivity index (χ1v) is 7.57. The van der Waals surface area contributed by atoms with E-state index in [0.29, 0.717) is 26.2 Å². The van der Waals surface area contributed by atoms with E-state index in [1.165, 1.54) is 0 Å². The van der Waals surface area contributed by atoms with Gasteiger partial charge in [0.15, 0.2) is 0 Å². The second-order valence-electron chi connectivity index (χ2n) is 6.49. The second kappa shape index (κ2) is 8.22. The van der Waals surface area contributed by atoms with Crippen LogP contribution in [-0.4, -0.2) is 42.5 Å². The van der Waals surface area contributed by atoms with Crippen LogP contribution in [0.1, 0.15) is 46.5 Å². The minimum Gasteiger partial charge on any atom is -0.481 e. The molecular formula is C15H27NO5. The number of carbonyl (C=O) groups excluding carboxylic acids is 1. The highest BCUT2D eigenvalue weighted by Crippen LogP contribution is 2.26. The average molecular weight is 301 g/mol. The van der Waals surface area contributed by atoms with Crippen molar-refractivity contribution in [1.29, 1.82) is 0 Å². The van der Waals surface area contributed by atoms with Crippen LogP contribution in [0.4, 0.5) is 4.79 Å². The van der Waals surface area contributed by atoms with Crippen molar-refractivity contribution in [3.8, 4) is 0 Å². The Kier molecular flexibility index (Phi) is 6.95. The van der Waals surface area contributed by atoms with Crippen LogP contribution < -0.4 is 5.32 Å². The van der Waals surface area contributed by atoms with E-state index in [9.17, 15) is 14.7 Å². The van der Waals surface area contributed by atoms with E-state index in [1.54, 1.807) is 0 Å². The number of carboxylic acid groups (broad SMARTS) is 1. The highest BCUT2D eigenvalue weighted by Gasteiger charge is 2.30. The van der Waals surface area contributed by atoms with Gasteiger partial charge in [-0.2, -0.15) is 0 Å². The van der Waals surface area contributed by atoms with Gasteiger partial charge in [-0.3, -0.25) is 4.79 Å². The van der Waals surface area contributed by atoms with E-state index < -0.39 is 17.7 Å². The molecule has 0 aromatic rings. The minimum absolute atomic E-state index is 0.126. The van der Waals surface area contributed by atoms with Gasteiger partial charge in [-0.15, -0.1) is 0 Å². The molecule has 2 atom stereocenters. The highest BCUT2D eigenvalue weighted by molar-refractivity contribution is 5.70. The van der Waals surface area contributed by atoms with Gasteiger partial charge in [-0.25, -0.2) is 4.79 Å². The maximum atomic E-state index is 11.4. The quantitative estimate of drug-likeness (QED) is 0.705. The van der Waals surface area contributed by atoms with Crippen molar-refractivity contribution < 1.29 is 24.2 Å². The zero-order valence-electron chi connectivity index (χ0n) is 13.2. The maximum absolute atomic E-state index is 11.4. The average Bonchev–Trinajstić information content (AvgIpc) is 2.84. The number of nitrogens with one attached hydrogen (secondary N) is 1. The van der Waals surface area contributed by atoms with Crippen molar-refractivity contribution in [2.75, 3.05) is 19.8 Å². The van der Waals surface area contributed by atoms with E-state index in [4.69, 9.17) is 9.47 Å². The third-order valence-electron chi connectivity index (χ3n) is 3.46. The molecule has 1 saturated heterocycles. The Hall–Kier alpha value is -1.30. The van der Waals surface area contributed by atoms with Crippen molar-refractivity contribution in [2.45, 2.75) is 52.1 Å². The lowest BCUT2D eigenvalue weighted by Crippen LogP contribution is -2.33. The summed E-state index contributed by atoms with van der Waals surface area (Å²) in [6, 6.07) is 0. The molecule has 1 rings (SSSR count). The van der Waals surface area contributed by atoms with Crippen molar-refractivity contribution in [3.05, 3.63) is 0 Å². The van der Waals surface area contributed by atoms with Crippen LogP contribution in [-0.2, 0) is 14.3 Å². The smallest absolute Gasteiger partial charge is 0.407 e. The van der Waals surface area contributed by atoms with Crippen LogP contribution in [0.15, 0.2) is 0 Å². The number of carbonyl (C=O) groups is 2. The molecule has 0 spiro atoms. The van der Waals surface area contributed by atoms with Crippen LogP contribution in [0, 0.1) is 11.8 Å². The van der Waals surface area contributed by atoms with Gasteiger partial charge < -0.3 is 19.9 Å². The molecule has 0 radical (unpaired) electrons. The van der Waals surface area contributed by atoms with Crippen LogP contribution in [0.3, 0.4) is 0 Å². The van der Waals surface area contributed by atoms with E-state index in [0.717, 1.165) is 19.3 Å². The number of carboxylic acids is 1. The fourth-order valence-electron chi connectivity index (χ4n) is 2.42. The molecule has 1 amide bonds.